The molecule has 0 radical (unpaired) electrons. The highest BCUT2D eigenvalue weighted by atomic mass is 35.5. The van der Waals surface area contributed by atoms with E-state index in [2.05, 4.69) is 10.5 Å². The van der Waals surface area contributed by atoms with Gasteiger partial charge in [-0.3, -0.25) is 10.5 Å². The summed E-state index contributed by atoms with van der Waals surface area (Å²) in [6.45, 7) is 0. The van der Waals surface area contributed by atoms with E-state index in [4.69, 9.17) is 17.4 Å². The Kier molecular flexibility index (Phi) is 3.60. The molecule has 0 amide bonds. The number of benzene rings is 1. The molecule has 0 aliphatic heterocycles. The second-order valence-electron chi connectivity index (χ2n) is 3.77. The van der Waals surface area contributed by atoms with Gasteiger partial charge in [-0.15, -0.1) is 0 Å². The van der Waals surface area contributed by atoms with E-state index < -0.39 is 17.7 Å². The molecule has 0 spiro atoms. The third-order valence-corrected chi connectivity index (χ3v) is 2.95. The van der Waals surface area contributed by atoms with Crippen molar-refractivity contribution in [3.05, 3.63) is 52.3 Å². The van der Waals surface area contributed by atoms with Crippen LogP contribution in [0.2, 0.25) is 5.02 Å². The van der Waals surface area contributed by atoms with Crippen LogP contribution >= 0.6 is 11.6 Å². The number of nitrogens with one attached hydrogen (secondary N) is 1. The normalized spacial score (nSPS) is 12.7. The molecule has 1 aromatic carbocycles. The average Bonchev–Trinajstić information content (AvgIpc) is 2.66. The van der Waals surface area contributed by atoms with Crippen LogP contribution < -0.4 is 11.3 Å². The van der Waals surface area contributed by atoms with Crippen LogP contribution in [-0.2, 0) is 7.05 Å². The quantitative estimate of drug-likeness (QED) is 0.663. The number of halogens is 3. The topological polar surface area (TPSA) is 55.9 Å². The molecule has 1 aromatic heterocycles. The van der Waals surface area contributed by atoms with Crippen LogP contribution in [0.25, 0.3) is 0 Å². The summed E-state index contributed by atoms with van der Waals surface area (Å²) in [7, 11) is 1.69. The fourth-order valence-corrected chi connectivity index (χ4v) is 2.04. The van der Waals surface area contributed by atoms with E-state index in [1.807, 2.05) is 0 Å². The van der Waals surface area contributed by atoms with Crippen molar-refractivity contribution < 1.29 is 8.78 Å². The number of aryl methyl sites for hydroxylation is 1. The molecule has 1 atom stereocenters. The molecule has 1 heterocycles. The van der Waals surface area contributed by atoms with Crippen molar-refractivity contribution in [3.63, 3.8) is 0 Å². The zero-order chi connectivity index (χ0) is 13.3. The van der Waals surface area contributed by atoms with Gasteiger partial charge in [0.15, 0.2) is 11.6 Å². The number of aromatic nitrogens is 2. The molecule has 1 unspecified atom stereocenters. The molecule has 3 N–H and O–H groups in total. The lowest BCUT2D eigenvalue weighted by Gasteiger charge is -2.17. The van der Waals surface area contributed by atoms with Gasteiger partial charge in [-0.1, -0.05) is 17.7 Å². The first-order chi connectivity index (χ1) is 8.54. The second kappa shape index (κ2) is 5.01. The minimum Gasteiger partial charge on any atom is -0.271 e. The van der Waals surface area contributed by atoms with Gasteiger partial charge in [0.2, 0.25) is 0 Å². The summed E-state index contributed by atoms with van der Waals surface area (Å²) in [4.78, 5) is 0. The zero-order valence-electron chi connectivity index (χ0n) is 9.49. The predicted molar refractivity (Wildman–Crippen MR) is 63.7 cm³/mol. The lowest BCUT2D eigenvalue weighted by Crippen LogP contribution is -2.30. The van der Waals surface area contributed by atoms with Gasteiger partial charge in [-0.05, 0) is 17.7 Å². The summed E-state index contributed by atoms with van der Waals surface area (Å²) < 4.78 is 27.6. The predicted octanol–water partition coefficient (Wildman–Crippen LogP) is 1.90. The van der Waals surface area contributed by atoms with E-state index >= 15 is 0 Å². The summed E-state index contributed by atoms with van der Waals surface area (Å²) in [5.74, 6) is 3.61. The van der Waals surface area contributed by atoms with E-state index in [1.54, 1.807) is 7.05 Å². The van der Waals surface area contributed by atoms with Crippen LogP contribution in [0, 0.1) is 11.6 Å². The maximum Gasteiger partial charge on any atom is 0.159 e. The molecule has 18 heavy (non-hydrogen) atoms. The maximum atomic E-state index is 13.2. The SMILES string of the molecule is Cn1ncc(Cl)c1C(NN)c1ccc(F)c(F)c1. The molecule has 0 saturated carbocycles. The second-order valence-corrected chi connectivity index (χ2v) is 4.18. The molecule has 2 rings (SSSR count). The molecule has 96 valence electrons. The van der Waals surface area contributed by atoms with Crippen molar-refractivity contribution in [1.29, 1.82) is 0 Å². The van der Waals surface area contributed by atoms with Gasteiger partial charge in [-0.2, -0.15) is 5.10 Å². The Morgan fingerprint density at radius 3 is 2.61 bits per heavy atom. The number of hydrogen-bond donors (Lipinski definition) is 2. The van der Waals surface area contributed by atoms with Crippen molar-refractivity contribution >= 4 is 11.6 Å². The molecule has 0 aliphatic carbocycles. The van der Waals surface area contributed by atoms with Gasteiger partial charge in [0.05, 0.1) is 23.0 Å². The summed E-state index contributed by atoms with van der Waals surface area (Å²) in [5, 5.41) is 4.37. The molecule has 0 aliphatic rings. The van der Waals surface area contributed by atoms with Crippen LogP contribution in [0.1, 0.15) is 17.3 Å². The van der Waals surface area contributed by atoms with E-state index in [0.29, 0.717) is 16.3 Å². The molecule has 4 nitrogen and oxygen atoms in total. The van der Waals surface area contributed by atoms with E-state index in [1.165, 1.54) is 16.9 Å². The molecule has 0 bridgehead atoms. The van der Waals surface area contributed by atoms with Crippen molar-refractivity contribution in [2.75, 3.05) is 0 Å². The molecular weight excluding hydrogens is 262 g/mol. The van der Waals surface area contributed by atoms with Crippen LogP contribution in [0.4, 0.5) is 8.78 Å². The average molecular weight is 273 g/mol. The largest absolute Gasteiger partial charge is 0.271 e. The first-order valence-corrected chi connectivity index (χ1v) is 5.51. The number of rotatable bonds is 3. The third-order valence-electron chi connectivity index (χ3n) is 2.65. The van der Waals surface area contributed by atoms with E-state index in [-0.39, 0.29) is 0 Å². The zero-order valence-corrected chi connectivity index (χ0v) is 10.2. The van der Waals surface area contributed by atoms with Crippen molar-refractivity contribution in [3.8, 4) is 0 Å². The van der Waals surface area contributed by atoms with Crippen LogP contribution in [0.3, 0.4) is 0 Å². The monoisotopic (exact) mass is 272 g/mol. The van der Waals surface area contributed by atoms with Crippen molar-refractivity contribution in [2.24, 2.45) is 12.9 Å². The molecule has 0 fully saturated rings. The molecule has 2 aromatic rings. The van der Waals surface area contributed by atoms with Gasteiger partial charge in [0.25, 0.3) is 0 Å². The molecule has 7 heteroatoms. The van der Waals surface area contributed by atoms with Gasteiger partial charge in [0, 0.05) is 7.05 Å². The Morgan fingerprint density at radius 1 is 1.39 bits per heavy atom. The van der Waals surface area contributed by atoms with Crippen molar-refractivity contribution in [1.82, 2.24) is 15.2 Å². The Labute approximate surface area is 107 Å². The highest BCUT2D eigenvalue weighted by Gasteiger charge is 2.20. The smallest absolute Gasteiger partial charge is 0.159 e. The van der Waals surface area contributed by atoms with Crippen LogP contribution in [-0.4, -0.2) is 9.78 Å². The summed E-state index contributed by atoms with van der Waals surface area (Å²) >= 11 is 5.99. The van der Waals surface area contributed by atoms with Crippen LogP contribution in [0.15, 0.2) is 24.4 Å². The van der Waals surface area contributed by atoms with Crippen LogP contribution in [0.5, 0.6) is 0 Å². The lowest BCUT2D eigenvalue weighted by atomic mass is 10.0. The van der Waals surface area contributed by atoms with Gasteiger partial charge in [0.1, 0.15) is 0 Å². The molecular formula is C11H11ClF2N4. The van der Waals surface area contributed by atoms with E-state index in [9.17, 15) is 8.78 Å². The maximum absolute atomic E-state index is 13.2. The highest BCUT2D eigenvalue weighted by Crippen LogP contribution is 2.27. The lowest BCUT2D eigenvalue weighted by molar-refractivity contribution is 0.501. The Bertz CT molecular complexity index is 551. The summed E-state index contributed by atoms with van der Waals surface area (Å²) in [5.41, 5.74) is 3.55. The summed E-state index contributed by atoms with van der Waals surface area (Å²) in [6.07, 6.45) is 1.46. The minimum absolute atomic E-state index is 0.394. The standard InChI is InChI=1S/C11H11ClF2N4/c1-18-11(7(12)5-16-18)10(17-15)6-2-3-8(13)9(14)4-6/h2-5,10,17H,15H2,1H3. The Balaban J connectivity index is 2.48. The van der Waals surface area contributed by atoms with Crippen molar-refractivity contribution in [2.45, 2.75) is 6.04 Å². The Hall–Kier alpha value is -1.50. The van der Waals surface area contributed by atoms with Gasteiger partial charge >= 0.3 is 0 Å². The third kappa shape index (κ3) is 2.22. The fourth-order valence-electron chi connectivity index (χ4n) is 1.77. The van der Waals surface area contributed by atoms with Gasteiger partial charge in [-0.25, -0.2) is 14.2 Å². The van der Waals surface area contributed by atoms with E-state index in [0.717, 1.165) is 12.1 Å². The number of nitrogens with zero attached hydrogens (tertiary/aromatic N) is 2. The Morgan fingerprint density at radius 2 is 2.11 bits per heavy atom. The first-order valence-electron chi connectivity index (χ1n) is 5.13. The highest BCUT2D eigenvalue weighted by molar-refractivity contribution is 6.31. The summed E-state index contributed by atoms with van der Waals surface area (Å²) in [6, 6.07) is 2.98. The minimum atomic E-state index is -0.939. The number of nitrogens with two attached hydrogens (primary N) is 1. The first kappa shape index (κ1) is 12.9. The number of hydrazine groups is 1. The number of hydrogen-bond acceptors (Lipinski definition) is 3. The fraction of sp³-hybridized carbons (Fsp3) is 0.182. The van der Waals surface area contributed by atoms with Gasteiger partial charge < -0.3 is 0 Å². The molecule has 0 saturated heterocycles.